The molecule has 0 atom stereocenters. The Hall–Kier alpha value is -4.14. The Bertz CT molecular complexity index is 1730. The van der Waals surface area contributed by atoms with Crippen molar-refractivity contribution in [3.05, 3.63) is 47.3 Å². The number of anilines is 2. The number of furan rings is 1. The SMILES string of the molecule is CCn1nc(C2CC2)cc1Nc1nc(C(=O)C(C)(C)C)nc2[nH]c3cc(-c4c(C)coc4C)c(OC)cc3c12. The van der Waals surface area contributed by atoms with Crippen molar-refractivity contribution in [2.24, 2.45) is 5.41 Å². The van der Waals surface area contributed by atoms with Crippen molar-refractivity contribution in [1.82, 2.24) is 24.7 Å². The van der Waals surface area contributed by atoms with Gasteiger partial charge in [0.25, 0.3) is 0 Å². The zero-order chi connectivity index (χ0) is 27.6. The lowest BCUT2D eigenvalue weighted by Gasteiger charge is -2.16. The first kappa shape index (κ1) is 25.2. The van der Waals surface area contributed by atoms with Gasteiger partial charge < -0.3 is 19.5 Å². The Kier molecular flexibility index (Phi) is 5.78. The van der Waals surface area contributed by atoms with Gasteiger partial charge in [-0.1, -0.05) is 20.8 Å². The minimum absolute atomic E-state index is 0.128. The van der Waals surface area contributed by atoms with Crippen molar-refractivity contribution in [2.75, 3.05) is 12.4 Å². The van der Waals surface area contributed by atoms with E-state index in [-0.39, 0.29) is 11.6 Å². The van der Waals surface area contributed by atoms with Crippen LogP contribution in [0.15, 0.2) is 28.9 Å². The number of aromatic amines is 1. The Morgan fingerprint density at radius 2 is 1.97 bits per heavy atom. The van der Waals surface area contributed by atoms with Crippen LogP contribution < -0.4 is 10.1 Å². The molecule has 5 aromatic rings. The summed E-state index contributed by atoms with van der Waals surface area (Å²) in [5.41, 5.74) is 4.86. The molecule has 39 heavy (non-hydrogen) atoms. The van der Waals surface area contributed by atoms with Crippen LogP contribution in [-0.4, -0.2) is 37.6 Å². The molecule has 4 aromatic heterocycles. The van der Waals surface area contributed by atoms with Gasteiger partial charge in [0.2, 0.25) is 11.6 Å². The summed E-state index contributed by atoms with van der Waals surface area (Å²) in [6.45, 7) is 12.4. The molecular formula is C30H34N6O3. The van der Waals surface area contributed by atoms with Gasteiger partial charge >= 0.3 is 0 Å². The number of ketones is 1. The zero-order valence-electron chi connectivity index (χ0n) is 23.5. The normalized spacial score (nSPS) is 13.9. The molecule has 1 saturated carbocycles. The number of carbonyl (C=O) groups excluding carboxylic acids is 1. The Balaban J connectivity index is 1.59. The summed E-state index contributed by atoms with van der Waals surface area (Å²) >= 11 is 0. The highest BCUT2D eigenvalue weighted by atomic mass is 16.5. The molecule has 2 N–H and O–H groups in total. The molecule has 9 heteroatoms. The third-order valence-electron chi connectivity index (χ3n) is 7.42. The smallest absolute Gasteiger partial charge is 0.205 e. The van der Waals surface area contributed by atoms with Crippen LogP contribution in [-0.2, 0) is 6.54 Å². The predicted octanol–water partition coefficient (Wildman–Crippen LogP) is 7.06. The fourth-order valence-corrected chi connectivity index (χ4v) is 5.17. The summed E-state index contributed by atoms with van der Waals surface area (Å²) in [5.74, 6) is 3.50. The molecule has 0 radical (unpaired) electrons. The van der Waals surface area contributed by atoms with E-state index in [0.29, 0.717) is 29.7 Å². The van der Waals surface area contributed by atoms with Crippen LogP contribution in [0.4, 0.5) is 11.6 Å². The van der Waals surface area contributed by atoms with Crippen molar-refractivity contribution in [3.63, 3.8) is 0 Å². The van der Waals surface area contributed by atoms with E-state index in [1.807, 2.05) is 45.4 Å². The van der Waals surface area contributed by atoms with Gasteiger partial charge in [-0.3, -0.25) is 4.79 Å². The Morgan fingerprint density at radius 3 is 2.59 bits per heavy atom. The van der Waals surface area contributed by atoms with E-state index < -0.39 is 5.41 Å². The second-order valence-electron chi connectivity index (χ2n) is 11.4. The molecule has 6 rings (SSSR count). The molecular weight excluding hydrogens is 492 g/mol. The number of Topliss-reactive ketones (excluding diaryl/α,β-unsaturated/α-hetero) is 1. The van der Waals surface area contributed by atoms with E-state index in [0.717, 1.165) is 50.3 Å². The maximum absolute atomic E-state index is 13.3. The van der Waals surface area contributed by atoms with Crippen LogP contribution in [0, 0.1) is 19.3 Å². The summed E-state index contributed by atoms with van der Waals surface area (Å²) in [6, 6.07) is 6.15. The van der Waals surface area contributed by atoms with Crippen LogP contribution in [0.3, 0.4) is 0 Å². The van der Waals surface area contributed by atoms with Crippen LogP contribution in [0.2, 0.25) is 0 Å². The summed E-state index contributed by atoms with van der Waals surface area (Å²) < 4.78 is 13.5. The van der Waals surface area contributed by atoms with Crippen molar-refractivity contribution in [2.45, 2.75) is 66.8 Å². The quantitative estimate of drug-likeness (QED) is 0.218. The average molecular weight is 527 g/mol. The van der Waals surface area contributed by atoms with Crippen molar-refractivity contribution in [3.8, 4) is 16.9 Å². The number of methoxy groups -OCH3 is 1. The summed E-state index contributed by atoms with van der Waals surface area (Å²) in [6.07, 6.45) is 4.09. The monoisotopic (exact) mass is 526 g/mol. The highest BCUT2D eigenvalue weighted by Gasteiger charge is 2.30. The van der Waals surface area contributed by atoms with Crippen molar-refractivity contribution < 1.29 is 13.9 Å². The largest absolute Gasteiger partial charge is 0.496 e. The van der Waals surface area contributed by atoms with E-state index >= 15 is 0 Å². The number of hydrogen-bond donors (Lipinski definition) is 2. The number of H-pyrrole nitrogens is 1. The molecule has 1 aliphatic rings. The predicted molar refractivity (Wildman–Crippen MR) is 152 cm³/mol. The molecule has 0 spiro atoms. The van der Waals surface area contributed by atoms with Crippen LogP contribution in [0.25, 0.3) is 33.1 Å². The number of fused-ring (bicyclic) bond motifs is 3. The number of rotatable bonds is 7. The summed E-state index contributed by atoms with van der Waals surface area (Å²) in [4.78, 5) is 26.3. The van der Waals surface area contributed by atoms with Gasteiger partial charge in [0.1, 0.15) is 28.8 Å². The number of benzene rings is 1. The second-order valence-corrected chi connectivity index (χ2v) is 11.4. The summed E-state index contributed by atoms with van der Waals surface area (Å²) in [5, 5.41) is 10.0. The number of hydrogen-bond acceptors (Lipinski definition) is 7. The van der Waals surface area contributed by atoms with E-state index in [4.69, 9.17) is 24.2 Å². The lowest BCUT2D eigenvalue weighted by Crippen LogP contribution is -2.23. The van der Waals surface area contributed by atoms with E-state index in [1.54, 1.807) is 13.4 Å². The standard InChI is InChI=1S/C30H34N6O3/c1-8-36-23(13-20(35-36)17-9-10-17)32-28-25-18-12-22(38-7)19(24-15(2)14-39-16(24)3)11-21(18)31-27(25)33-29(34-28)26(37)30(4,5)6/h11-14,17H,8-10H2,1-7H3,(H2,31,32,33,34). The zero-order valence-corrected chi connectivity index (χ0v) is 23.5. The highest BCUT2D eigenvalue weighted by Crippen LogP contribution is 2.43. The first-order chi connectivity index (χ1) is 18.6. The highest BCUT2D eigenvalue weighted by molar-refractivity contribution is 6.14. The molecule has 0 unspecified atom stereocenters. The molecule has 4 heterocycles. The number of aryl methyl sites for hydroxylation is 3. The van der Waals surface area contributed by atoms with E-state index in [2.05, 4.69) is 29.4 Å². The minimum Gasteiger partial charge on any atom is -0.496 e. The second kappa shape index (κ2) is 8.97. The van der Waals surface area contributed by atoms with Crippen LogP contribution in [0.1, 0.15) is 74.1 Å². The maximum atomic E-state index is 13.3. The lowest BCUT2D eigenvalue weighted by molar-refractivity contribution is 0.0847. The van der Waals surface area contributed by atoms with Crippen LogP contribution >= 0.6 is 0 Å². The van der Waals surface area contributed by atoms with Gasteiger partial charge in [0.05, 0.1) is 24.5 Å². The number of nitrogens with zero attached hydrogens (tertiary/aromatic N) is 4. The number of carbonyl (C=O) groups is 1. The van der Waals surface area contributed by atoms with E-state index in [1.165, 1.54) is 12.8 Å². The molecule has 0 aliphatic heterocycles. The number of aromatic nitrogens is 5. The lowest BCUT2D eigenvalue weighted by atomic mass is 9.90. The van der Waals surface area contributed by atoms with Gasteiger partial charge in [-0.05, 0) is 51.3 Å². The van der Waals surface area contributed by atoms with Crippen LogP contribution in [0.5, 0.6) is 5.75 Å². The van der Waals surface area contributed by atoms with Gasteiger partial charge in [0.15, 0.2) is 0 Å². The topological polar surface area (TPSA) is 111 Å². The molecule has 0 saturated heterocycles. The molecule has 0 bridgehead atoms. The molecule has 0 amide bonds. The average Bonchev–Trinajstić information content (AvgIpc) is 3.45. The first-order valence-corrected chi connectivity index (χ1v) is 13.4. The Labute approximate surface area is 227 Å². The van der Waals surface area contributed by atoms with Crippen molar-refractivity contribution in [1.29, 1.82) is 0 Å². The number of ether oxygens (including phenoxy) is 1. The van der Waals surface area contributed by atoms with Gasteiger partial charge in [-0.25, -0.2) is 14.6 Å². The number of nitrogens with one attached hydrogen (secondary N) is 2. The summed E-state index contributed by atoms with van der Waals surface area (Å²) in [7, 11) is 1.67. The van der Waals surface area contributed by atoms with Gasteiger partial charge in [-0.2, -0.15) is 5.10 Å². The maximum Gasteiger partial charge on any atom is 0.205 e. The molecule has 1 fully saturated rings. The molecule has 9 nitrogen and oxygen atoms in total. The molecule has 1 aliphatic carbocycles. The molecule has 202 valence electrons. The fraction of sp³-hybridized carbons (Fsp3) is 0.400. The van der Waals surface area contributed by atoms with Gasteiger partial charge in [-0.15, -0.1) is 0 Å². The molecule has 1 aromatic carbocycles. The van der Waals surface area contributed by atoms with E-state index in [9.17, 15) is 4.79 Å². The first-order valence-electron chi connectivity index (χ1n) is 13.4. The third kappa shape index (κ3) is 4.26. The third-order valence-corrected chi connectivity index (χ3v) is 7.42. The van der Waals surface area contributed by atoms with Gasteiger partial charge in [0, 0.05) is 46.0 Å². The van der Waals surface area contributed by atoms with Crippen molar-refractivity contribution >= 4 is 39.4 Å². The fourth-order valence-electron chi connectivity index (χ4n) is 5.17. The minimum atomic E-state index is -0.631. The Morgan fingerprint density at radius 1 is 1.21 bits per heavy atom.